The van der Waals surface area contributed by atoms with Gasteiger partial charge in [-0.1, -0.05) is 35.9 Å². The van der Waals surface area contributed by atoms with Crippen LogP contribution < -0.4 is 5.32 Å². The van der Waals surface area contributed by atoms with Gasteiger partial charge in [0.05, 0.1) is 23.2 Å². The molecule has 1 aliphatic heterocycles. The second kappa shape index (κ2) is 5.68. The molecule has 0 fully saturated rings. The van der Waals surface area contributed by atoms with Crippen molar-refractivity contribution in [1.29, 1.82) is 0 Å². The molecule has 5 nitrogen and oxygen atoms in total. The summed E-state index contributed by atoms with van der Waals surface area (Å²) < 4.78 is 0. The summed E-state index contributed by atoms with van der Waals surface area (Å²) in [4.78, 5) is 37.4. The van der Waals surface area contributed by atoms with Gasteiger partial charge in [-0.3, -0.25) is 19.3 Å². The Morgan fingerprint density at radius 1 is 1.09 bits per heavy atom. The summed E-state index contributed by atoms with van der Waals surface area (Å²) in [5.41, 5.74) is 2.94. The van der Waals surface area contributed by atoms with E-state index < -0.39 is 5.91 Å². The molecule has 0 spiro atoms. The predicted molar refractivity (Wildman–Crippen MR) is 86.4 cm³/mol. The summed E-state index contributed by atoms with van der Waals surface area (Å²) in [6.45, 7) is 1.96. The molecule has 0 atom stereocenters. The zero-order valence-electron chi connectivity index (χ0n) is 12.9. The monoisotopic (exact) mass is 308 g/mol. The third-order valence-corrected chi connectivity index (χ3v) is 3.84. The van der Waals surface area contributed by atoms with E-state index in [1.165, 1.54) is 7.05 Å². The van der Waals surface area contributed by atoms with Gasteiger partial charge in [0.2, 0.25) is 5.91 Å². The topological polar surface area (TPSA) is 66.5 Å². The fourth-order valence-electron chi connectivity index (χ4n) is 2.71. The maximum Gasteiger partial charge on any atom is 0.263 e. The van der Waals surface area contributed by atoms with Crippen molar-refractivity contribution in [1.82, 2.24) is 4.90 Å². The van der Waals surface area contributed by atoms with E-state index in [-0.39, 0.29) is 23.8 Å². The number of hydrogen-bond donors (Lipinski definition) is 1. The fourth-order valence-corrected chi connectivity index (χ4v) is 2.71. The summed E-state index contributed by atoms with van der Waals surface area (Å²) in [6.07, 6.45) is 0.212. The highest BCUT2D eigenvalue weighted by molar-refractivity contribution is 6.24. The van der Waals surface area contributed by atoms with Crippen LogP contribution in [0.5, 0.6) is 0 Å². The van der Waals surface area contributed by atoms with E-state index >= 15 is 0 Å². The smallest absolute Gasteiger partial charge is 0.263 e. The van der Waals surface area contributed by atoms with Crippen LogP contribution in [0.4, 0.5) is 5.69 Å². The second-order valence-electron chi connectivity index (χ2n) is 5.61. The molecular formula is C18H16N2O3. The maximum absolute atomic E-state index is 12.2. The molecule has 3 amide bonds. The van der Waals surface area contributed by atoms with Gasteiger partial charge in [0.25, 0.3) is 11.8 Å². The molecule has 0 aromatic heterocycles. The van der Waals surface area contributed by atoms with Crippen LogP contribution >= 0.6 is 0 Å². The van der Waals surface area contributed by atoms with E-state index in [0.717, 1.165) is 16.0 Å². The number of imide groups is 1. The minimum Gasteiger partial charge on any atom is -0.325 e. The lowest BCUT2D eigenvalue weighted by Crippen LogP contribution is -2.24. The highest BCUT2D eigenvalue weighted by Gasteiger charge is 2.35. The Kier molecular flexibility index (Phi) is 3.70. The van der Waals surface area contributed by atoms with Crippen LogP contribution in [0.2, 0.25) is 0 Å². The van der Waals surface area contributed by atoms with Gasteiger partial charge < -0.3 is 5.32 Å². The summed E-state index contributed by atoms with van der Waals surface area (Å²) in [7, 11) is 1.43. The maximum atomic E-state index is 12.2. The Morgan fingerprint density at radius 2 is 1.83 bits per heavy atom. The molecule has 3 rings (SSSR count). The first-order valence-corrected chi connectivity index (χ1v) is 7.28. The van der Waals surface area contributed by atoms with Crippen LogP contribution in [0.1, 0.15) is 31.8 Å². The first kappa shape index (κ1) is 15.0. The zero-order valence-corrected chi connectivity index (χ0v) is 12.9. The van der Waals surface area contributed by atoms with Gasteiger partial charge >= 0.3 is 0 Å². The van der Waals surface area contributed by atoms with Gasteiger partial charge in [0.15, 0.2) is 0 Å². The molecule has 5 heteroatoms. The number of anilines is 1. The van der Waals surface area contributed by atoms with Crippen LogP contribution in [-0.4, -0.2) is 29.7 Å². The molecule has 0 saturated heterocycles. The summed E-state index contributed by atoms with van der Waals surface area (Å²) in [5.74, 6) is -0.963. The number of nitrogens with one attached hydrogen (secondary N) is 1. The molecule has 0 bridgehead atoms. The van der Waals surface area contributed by atoms with Crippen molar-refractivity contribution in [3.8, 4) is 0 Å². The molecule has 23 heavy (non-hydrogen) atoms. The van der Waals surface area contributed by atoms with Gasteiger partial charge in [-0.25, -0.2) is 0 Å². The minimum absolute atomic E-state index is 0.212. The van der Waals surface area contributed by atoms with Crippen LogP contribution in [0.25, 0.3) is 0 Å². The van der Waals surface area contributed by atoms with Crippen LogP contribution in [0, 0.1) is 6.92 Å². The molecular weight excluding hydrogens is 292 g/mol. The van der Waals surface area contributed by atoms with Crippen molar-refractivity contribution in [3.05, 3.63) is 64.7 Å². The average Bonchev–Trinajstić information content (AvgIpc) is 2.73. The first-order valence-electron chi connectivity index (χ1n) is 7.28. The second-order valence-corrected chi connectivity index (χ2v) is 5.61. The van der Waals surface area contributed by atoms with Crippen LogP contribution in [0.15, 0.2) is 42.5 Å². The molecule has 1 N–H and O–H groups in total. The van der Waals surface area contributed by atoms with E-state index in [1.807, 2.05) is 31.2 Å². The van der Waals surface area contributed by atoms with Crippen molar-refractivity contribution < 1.29 is 14.4 Å². The van der Waals surface area contributed by atoms with Crippen molar-refractivity contribution in [2.75, 3.05) is 12.4 Å². The van der Waals surface area contributed by atoms with Gasteiger partial charge in [0.1, 0.15) is 0 Å². The third-order valence-electron chi connectivity index (χ3n) is 3.84. The van der Waals surface area contributed by atoms with Gasteiger partial charge in [-0.15, -0.1) is 0 Å². The van der Waals surface area contributed by atoms with E-state index in [4.69, 9.17) is 0 Å². The van der Waals surface area contributed by atoms with E-state index in [2.05, 4.69) is 5.32 Å². The Morgan fingerprint density at radius 3 is 2.57 bits per heavy atom. The standard InChI is InChI=1S/C18H16N2O3/c1-11-5-3-6-12(9-11)10-15(21)19-14-8-4-7-13-16(14)18(23)20(2)17(13)22/h3-9H,10H2,1-2H3,(H,19,21). The molecule has 0 unspecified atom stereocenters. The molecule has 0 radical (unpaired) electrons. The number of carbonyl (C=O) groups is 3. The number of aryl methyl sites for hydroxylation is 1. The van der Waals surface area contributed by atoms with E-state index in [1.54, 1.807) is 18.2 Å². The van der Waals surface area contributed by atoms with Gasteiger partial charge in [0, 0.05) is 7.05 Å². The largest absolute Gasteiger partial charge is 0.325 e. The quantitative estimate of drug-likeness (QED) is 0.885. The first-order chi connectivity index (χ1) is 11.0. The average molecular weight is 308 g/mol. The lowest BCUT2D eigenvalue weighted by molar-refractivity contribution is -0.115. The lowest BCUT2D eigenvalue weighted by atomic mass is 10.1. The number of benzene rings is 2. The summed E-state index contributed by atoms with van der Waals surface area (Å²) >= 11 is 0. The molecule has 2 aromatic carbocycles. The van der Waals surface area contributed by atoms with E-state index in [0.29, 0.717) is 11.3 Å². The van der Waals surface area contributed by atoms with Crippen LogP contribution in [0.3, 0.4) is 0 Å². The van der Waals surface area contributed by atoms with Crippen molar-refractivity contribution >= 4 is 23.4 Å². The molecule has 1 aliphatic rings. The molecule has 1 heterocycles. The fraction of sp³-hybridized carbons (Fsp3) is 0.167. The Hall–Kier alpha value is -2.95. The summed E-state index contributed by atoms with van der Waals surface area (Å²) in [6, 6.07) is 12.6. The Bertz CT molecular complexity index is 827. The SMILES string of the molecule is Cc1cccc(CC(=O)Nc2cccc3c2C(=O)N(C)C3=O)c1. The number of fused-ring (bicyclic) bond motifs is 1. The van der Waals surface area contributed by atoms with Crippen molar-refractivity contribution in [2.45, 2.75) is 13.3 Å². The molecule has 0 aliphatic carbocycles. The summed E-state index contributed by atoms with van der Waals surface area (Å²) in [5, 5.41) is 2.74. The highest BCUT2D eigenvalue weighted by Crippen LogP contribution is 2.28. The number of rotatable bonds is 3. The molecule has 2 aromatic rings. The number of hydrogen-bond acceptors (Lipinski definition) is 3. The molecule has 116 valence electrons. The number of carbonyl (C=O) groups excluding carboxylic acids is 3. The predicted octanol–water partition coefficient (Wildman–Crippen LogP) is 2.40. The normalized spacial score (nSPS) is 13.2. The minimum atomic E-state index is -0.392. The molecule has 0 saturated carbocycles. The number of nitrogens with zero attached hydrogens (tertiary/aromatic N) is 1. The van der Waals surface area contributed by atoms with E-state index in [9.17, 15) is 14.4 Å². The Labute approximate surface area is 133 Å². The third kappa shape index (κ3) is 2.73. The number of amides is 3. The van der Waals surface area contributed by atoms with Gasteiger partial charge in [-0.2, -0.15) is 0 Å². The van der Waals surface area contributed by atoms with Crippen molar-refractivity contribution in [2.24, 2.45) is 0 Å². The Balaban J connectivity index is 1.83. The zero-order chi connectivity index (χ0) is 16.6. The highest BCUT2D eigenvalue weighted by atomic mass is 16.2. The van der Waals surface area contributed by atoms with Gasteiger partial charge in [-0.05, 0) is 24.6 Å². The van der Waals surface area contributed by atoms with Crippen LogP contribution in [-0.2, 0) is 11.2 Å². The van der Waals surface area contributed by atoms with Crippen molar-refractivity contribution in [3.63, 3.8) is 0 Å². The lowest BCUT2D eigenvalue weighted by Gasteiger charge is -2.09.